The quantitative estimate of drug-likeness (QED) is 0.297. The van der Waals surface area contributed by atoms with Gasteiger partial charge in [0, 0.05) is 6.54 Å². The molecule has 1 heterocycles. The van der Waals surface area contributed by atoms with Crippen molar-refractivity contribution < 1.29 is 15.0 Å². The van der Waals surface area contributed by atoms with Crippen molar-refractivity contribution in [1.82, 2.24) is 9.78 Å². The first-order valence-electron chi connectivity index (χ1n) is 12.1. The van der Waals surface area contributed by atoms with Crippen LogP contribution in [0.25, 0.3) is 27.6 Å². The lowest BCUT2D eigenvalue weighted by Gasteiger charge is -2.14. The van der Waals surface area contributed by atoms with Gasteiger partial charge in [0.1, 0.15) is 0 Å². The van der Waals surface area contributed by atoms with Crippen molar-refractivity contribution in [3.05, 3.63) is 89.5 Å². The molecular weight excluding hydrogens is 438 g/mol. The van der Waals surface area contributed by atoms with E-state index in [-0.39, 0.29) is 12.2 Å². The van der Waals surface area contributed by atoms with Crippen LogP contribution < -0.4 is 5.32 Å². The lowest BCUT2D eigenvalue weighted by molar-refractivity contribution is 0.0696. The molecule has 1 aliphatic rings. The average molecular weight is 468 g/mol. The zero-order valence-corrected chi connectivity index (χ0v) is 19.6. The Morgan fingerprint density at radius 2 is 1.80 bits per heavy atom. The third kappa shape index (κ3) is 4.84. The number of aliphatic hydroxyl groups is 1. The van der Waals surface area contributed by atoms with Crippen LogP contribution in [0.5, 0.6) is 0 Å². The molecule has 3 aromatic carbocycles. The Balaban J connectivity index is 1.51. The average Bonchev–Trinajstić information content (AvgIpc) is 3.26. The van der Waals surface area contributed by atoms with Crippen LogP contribution in [0.3, 0.4) is 0 Å². The molecule has 3 N–H and O–H groups in total. The topological polar surface area (TPSA) is 87.4 Å². The minimum Gasteiger partial charge on any atom is -0.478 e. The molecule has 0 atom stereocenters. The summed E-state index contributed by atoms with van der Waals surface area (Å²) in [6.07, 6.45) is 7.18. The summed E-state index contributed by atoms with van der Waals surface area (Å²) in [7, 11) is 0. The minimum atomic E-state index is -0.945. The van der Waals surface area contributed by atoms with Crippen molar-refractivity contribution in [2.75, 3.05) is 11.9 Å². The van der Waals surface area contributed by atoms with Crippen LogP contribution >= 0.6 is 0 Å². The molecule has 0 aliphatic heterocycles. The Kier molecular flexibility index (Phi) is 6.64. The normalized spacial score (nSPS) is 13.6. The fourth-order valence-electron chi connectivity index (χ4n) is 4.82. The summed E-state index contributed by atoms with van der Waals surface area (Å²) in [5.74, 6) is -0.233. The molecule has 1 aromatic heterocycles. The molecule has 5 rings (SSSR count). The van der Waals surface area contributed by atoms with Gasteiger partial charge in [-0.2, -0.15) is 5.10 Å². The molecule has 0 spiro atoms. The van der Waals surface area contributed by atoms with E-state index in [1.165, 1.54) is 24.0 Å². The maximum absolute atomic E-state index is 11.3. The Morgan fingerprint density at radius 3 is 2.54 bits per heavy atom. The zero-order chi connectivity index (χ0) is 24.2. The second-order valence-corrected chi connectivity index (χ2v) is 8.91. The van der Waals surface area contributed by atoms with Crippen molar-refractivity contribution in [1.29, 1.82) is 0 Å². The molecule has 0 bridgehead atoms. The number of carboxylic acid groups (broad SMARTS) is 1. The fraction of sp³-hybridized carbons (Fsp3) is 0.241. The molecule has 0 saturated carbocycles. The number of aromatic carboxylic acids is 1. The van der Waals surface area contributed by atoms with E-state index in [9.17, 15) is 15.0 Å². The summed E-state index contributed by atoms with van der Waals surface area (Å²) in [6.45, 7) is 0.821. The van der Waals surface area contributed by atoms with Gasteiger partial charge in [0.25, 0.3) is 0 Å². The van der Waals surface area contributed by atoms with Crippen LogP contribution in [-0.4, -0.2) is 32.6 Å². The van der Waals surface area contributed by atoms with Crippen LogP contribution in [0.15, 0.2) is 72.8 Å². The van der Waals surface area contributed by atoms with Gasteiger partial charge in [-0.3, -0.25) is 4.68 Å². The van der Waals surface area contributed by atoms with Crippen LogP contribution in [-0.2, 0) is 13.1 Å². The third-order valence-corrected chi connectivity index (χ3v) is 6.58. The van der Waals surface area contributed by atoms with E-state index in [1.807, 2.05) is 22.9 Å². The number of nitrogens with zero attached hydrogens (tertiary/aromatic N) is 2. The highest BCUT2D eigenvalue weighted by Gasteiger charge is 2.16. The highest BCUT2D eigenvalue weighted by Crippen LogP contribution is 2.35. The Bertz CT molecular complexity index is 1390. The van der Waals surface area contributed by atoms with Crippen molar-refractivity contribution in [3.63, 3.8) is 0 Å². The van der Waals surface area contributed by atoms with Gasteiger partial charge in [-0.1, -0.05) is 54.6 Å². The molecule has 6 heteroatoms. The van der Waals surface area contributed by atoms with Gasteiger partial charge in [0.15, 0.2) is 5.82 Å². The van der Waals surface area contributed by atoms with Gasteiger partial charge in [-0.25, -0.2) is 4.79 Å². The smallest absolute Gasteiger partial charge is 0.335 e. The second-order valence-electron chi connectivity index (χ2n) is 8.91. The molecule has 0 saturated heterocycles. The number of carbonyl (C=O) groups is 1. The van der Waals surface area contributed by atoms with E-state index >= 15 is 0 Å². The SMILES string of the molecule is O=C(O)c1cccc(CNc2nn(CCO)c3cccc(-c4ccc(C5=CCCCC5)cc4)c23)c1. The number of hydrogen-bond acceptors (Lipinski definition) is 4. The summed E-state index contributed by atoms with van der Waals surface area (Å²) in [5, 5.41) is 28.0. The van der Waals surface area contributed by atoms with E-state index in [4.69, 9.17) is 5.10 Å². The number of aromatic nitrogens is 2. The standard InChI is InChI=1S/C29H29N3O3/c33-17-16-32-26-11-5-10-25(23-14-12-22(13-15-23)21-7-2-1-3-8-21)27(26)28(31-32)30-19-20-6-4-9-24(18-20)29(34)35/h4-7,9-15,18,33H,1-3,8,16-17,19H2,(H,30,31)(H,34,35). The van der Waals surface area contributed by atoms with Crippen LogP contribution in [0.4, 0.5) is 5.82 Å². The molecule has 1 aliphatic carbocycles. The molecular formula is C29H29N3O3. The highest BCUT2D eigenvalue weighted by molar-refractivity contribution is 6.02. The van der Waals surface area contributed by atoms with Gasteiger partial charge < -0.3 is 15.5 Å². The highest BCUT2D eigenvalue weighted by atomic mass is 16.4. The number of allylic oxidation sites excluding steroid dienone is 2. The van der Waals surface area contributed by atoms with Gasteiger partial charge in [0.2, 0.25) is 0 Å². The van der Waals surface area contributed by atoms with Crippen molar-refractivity contribution in [3.8, 4) is 11.1 Å². The van der Waals surface area contributed by atoms with E-state index < -0.39 is 5.97 Å². The number of rotatable bonds is 8. The van der Waals surface area contributed by atoms with Gasteiger partial charge >= 0.3 is 5.97 Å². The lowest BCUT2D eigenvalue weighted by Crippen LogP contribution is -2.06. The molecule has 0 radical (unpaired) electrons. The van der Waals surface area contributed by atoms with E-state index in [1.54, 1.807) is 18.2 Å². The van der Waals surface area contributed by atoms with Gasteiger partial charge in [0.05, 0.1) is 29.6 Å². The van der Waals surface area contributed by atoms with Crippen LogP contribution in [0.2, 0.25) is 0 Å². The Morgan fingerprint density at radius 1 is 1.00 bits per heavy atom. The van der Waals surface area contributed by atoms with E-state index in [2.05, 4.69) is 41.7 Å². The van der Waals surface area contributed by atoms with Crippen molar-refractivity contribution >= 4 is 28.3 Å². The molecule has 6 nitrogen and oxygen atoms in total. The summed E-state index contributed by atoms with van der Waals surface area (Å²) < 4.78 is 1.82. The molecule has 178 valence electrons. The van der Waals surface area contributed by atoms with Gasteiger partial charge in [-0.05, 0) is 71.7 Å². The molecule has 0 amide bonds. The predicted octanol–water partition coefficient (Wildman–Crippen LogP) is 5.96. The number of benzene rings is 3. The number of aliphatic hydroxyl groups excluding tert-OH is 1. The van der Waals surface area contributed by atoms with Crippen LogP contribution in [0.1, 0.15) is 47.2 Å². The lowest BCUT2D eigenvalue weighted by atomic mass is 9.92. The van der Waals surface area contributed by atoms with Crippen molar-refractivity contribution in [2.45, 2.75) is 38.8 Å². The number of fused-ring (bicyclic) bond motifs is 1. The minimum absolute atomic E-state index is 0.00901. The second kappa shape index (κ2) is 10.2. The van der Waals surface area contributed by atoms with E-state index in [0.717, 1.165) is 40.4 Å². The number of anilines is 1. The van der Waals surface area contributed by atoms with Crippen LogP contribution in [0, 0.1) is 0 Å². The predicted molar refractivity (Wildman–Crippen MR) is 139 cm³/mol. The largest absolute Gasteiger partial charge is 0.478 e. The van der Waals surface area contributed by atoms with E-state index in [0.29, 0.717) is 18.9 Å². The number of hydrogen-bond donors (Lipinski definition) is 3. The maximum atomic E-state index is 11.3. The Hall–Kier alpha value is -3.90. The summed E-state index contributed by atoms with van der Waals surface area (Å²) in [5.41, 5.74) is 6.95. The van der Waals surface area contributed by atoms with Gasteiger partial charge in [-0.15, -0.1) is 0 Å². The fourth-order valence-corrected chi connectivity index (χ4v) is 4.82. The third-order valence-electron chi connectivity index (χ3n) is 6.58. The Labute approximate surface area is 204 Å². The maximum Gasteiger partial charge on any atom is 0.335 e. The first-order chi connectivity index (χ1) is 17.1. The monoisotopic (exact) mass is 467 g/mol. The zero-order valence-electron chi connectivity index (χ0n) is 19.6. The molecule has 0 unspecified atom stereocenters. The number of carboxylic acids is 1. The summed E-state index contributed by atoms with van der Waals surface area (Å²) in [4.78, 5) is 11.3. The molecule has 35 heavy (non-hydrogen) atoms. The molecule has 4 aromatic rings. The summed E-state index contributed by atoms with van der Waals surface area (Å²) >= 11 is 0. The number of nitrogens with one attached hydrogen (secondary N) is 1. The molecule has 0 fully saturated rings. The first-order valence-corrected chi connectivity index (χ1v) is 12.1. The van der Waals surface area contributed by atoms with Crippen molar-refractivity contribution in [2.24, 2.45) is 0 Å². The summed E-state index contributed by atoms with van der Waals surface area (Å²) in [6, 6.07) is 21.8. The first kappa shape index (κ1) is 22.9.